The number of aromatic hydroxyl groups is 1. The Morgan fingerprint density at radius 2 is 1.62 bits per heavy atom. The maximum absolute atomic E-state index is 14.2. The van der Waals surface area contributed by atoms with Crippen molar-refractivity contribution in [2.75, 3.05) is 23.9 Å². The number of phenols is 1. The molecule has 3 aliphatic carbocycles. The average Bonchev–Trinajstić information content (AvgIpc) is 3.24. The molecule has 2 aromatic carbocycles. The van der Waals surface area contributed by atoms with E-state index in [0.717, 1.165) is 17.0 Å². The first kappa shape index (κ1) is 30.1. The molecule has 45 heavy (non-hydrogen) atoms. The number of halogens is 1. The highest BCUT2D eigenvalue weighted by Crippen LogP contribution is 2.57. The lowest BCUT2D eigenvalue weighted by molar-refractivity contribution is -0.392. The molecule has 1 aliphatic heterocycles. The number of hydrogen-bond acceptors (Lipinski definition) is 10. The molecule has 1 fully saturated rings. The minimum Gasteiger partial charge on any atom is -0.508 e. The van der Waals surface area contributed by atoms with Crippen molar-refractivity contribution in [3.05, 3.63) is 95.0 Å². The SMILES string of the molecule is CC1=CC(=O)C2=C(CC3C(=CCC4C(=O)N(c5cc([N+](=O)[O-])c(N(C)C)c([N+](=O)[O-])c5)C(=O)C43)C2c2cc(Br)ccc2O)C1=O. The van der Waals surface area contributed by atoms with Gasteiger partial charge >= 0.3 is 11.4 Å². The molecule has 1 saturated heterocycles. The van der Waals surface area contributed by atoms with Gasteiger partial charge in [0.25, 0.3) is 0 Å². The van der Waals surface area contributed by atoms with Gasteiger partial charge in [0, 0.05) is 58.9 Å². The quantitative estimate of drug-likeness (QED) is 0.154. The summed E-state index contributed by atoms with van der Waals surface area (Å²) in [5.41, 5.74) is -0.307. The smallest absolute Gasteiger partial charge is 0.301 e. The van der Waals surface area contributed by atoms with Crippen LogP contribution in [0, 0.1) is 38.0 Å². The number of nitro groups is 2. The molecule has 230 valence electrons. The summed E-state index contributed by atoms with van der Waals surface area (Å²) in [5, 5.41) is 34.9. The molecule has 4 unspecified atom stereocenters. The average molecular weight is 677 g/mol. The molecular formula is C31H25BrN4O9. The number of benzene rings is 2. The van der Waals surface area contributed by atoms with E-state index >= 15 is 0 Å². The number of hydrogen-bond donors (Lipinski definition) is 1. The maximum Gasteiger partial charge on any atom is 0.301 e. The van der Waals surface area contributed by atoms with Crippen LogP contribution in [0.4, 0.5) is 22.7 Å². The van der Waals surface area contributed by atoms with Crippen LogP contribution in [0.3, 0.4) is 0 Å². The van der Waals surface area contributed by atoms with E-state index in [1.54, 1.807) is 18.2 Å². The first-order chi connectivity index (χ1) is 21.2. The van der Waals surface area contributed by atoms with Crippen LogP contribution in [0.1, 0.15) is 31.2 Å². The van der Waals surface area contributed by atoms with Gasteiger partial charge in [-0.25, -0.2) is 4.90 Å². The Bertz CT molecular complexity index is 1860. The topological polar surface area (TPSA) is 181 Å². The van der Waals surface area contributed by atoms with Gasteiger partial charge in [-0.15, -0.1) is 0 Å². The lowest BCUT2D eigenvalue weighted by atomic mass is 9.59. The Morgan fingerprint density at radius 3 is 2.22 bits per heavy atom. The summed E-state index contributed by atoms with van der Waals surface area (Å²) in [6, 6.07) is 6.67. The summed E-state index contributed by atoms with van der Waals surface area (Å²) in [4.78, 5) is 79.2. The lowest BCUT2D eigenvalue weighted by Gasteiger charge is -2.42. The summed E-state index contributed by atoms with van der Waals surface area (Å²) in [6.07, 6.45) is 3.08. The van der Waals surface area contributed by atoms with Crippen molar-refractivity contribution in [2.45, 2.75) is 25.7 Å². The molecule has 0 aromatic heterocycles. The zero-order valence-corrected chi connectivity index (χ0v) is 25.7. The minimum atomic E-state index is -1.02. The van der Waals surface area contributed by atoms with Crippen molar-refractivity contribution >= 4 is 62.1 Å². The third-order valence-corrected chi connectivity index (χ3v) is 9.51. The highest BCUT2D eigenvalue weighted by molar-refractivity contribution is 9.10. The van der Waals surface area contributed by atoms with Crippen molar-refractivity contribution in [2.24, 2.45) is 17.8 Å². The van der Waals surface area contributed by atoms with E-state index in [1.165, 1.54) is 38.1 Å². The number of allylic oxidation sites excluding steroid dienone is 6. The van der Waals surface area contributed by atoms with Crippen molar-refractivity contribution in [3.63, 3.8) is 0 Å². The molecule has 14 heteroatoms. The molecule has 0 bridgehead atoms. The van der Waals surface area contributed by atoms with Gasteiger partial charge in [-0.3, -0.25) is 39.4 Å². The van der Waals surface area contributed by atoms with Crippen LogP contribution in [0.2, 0.25) is 0 Å². The fourth-order valence-electron chi connectivity index (χ4n) is 7.20. The summed E-state index contributed by atoms with van der Waals surface area (Å²) in [5.74, 6) is -5.82. The van der Waals surface area contributed by atoms with Crippen LogP contribution in [0.5, 0.6) is 5.75 Å². The molecule has 1 N–H and O–H groups in total. The predicted molar refractivity (Wildman–Crippen MR) is 164 cm³/mol. The number of rotatable bonds is 5. The number of amides is 2. The van der Waals surface area contributed by atoms with Crippen LogP contribution in [-0.2, 0) is 19.2 Å². The number of Topliss-reactive ketones (excluding diaryl/α,β-unsaturated/α-hetero) is 1. The van der Waals surface area contributed by atoms with Gasteiger partial charge < -0.3 is 10.0 Å². The van der Waals surface area contributed by atoms with Crippen molar-refractivity contribution < 1.29 is 34.1 Å². The van der Waals surface area contributed by atoms with E-state index in [9.17, 15) is 44.5 Å². The van der Waals surface area contributed by atoms with Crippen LogP contribution < -0.4 is 9.80 Å². The Hall–Kier alpha value is -4.98. The third-order valence-electron chi connectivity index (χ3n) is 9.02. The van der Waals surface area contributed by atoms with Crippen molar-refractivity contribution in [1.82, 2.24) is 0 Å². The first-order valence-electron chi connectivity index (χ1n) is 13.9. The number of ketones is 2. The molecule has 1 heterocycles. The molecule has 0 saturated carbocycles. The van der Waals surface area contributed by atoms with Crippen LogP contribution in [0.15, 0.2) is 69.2 Å². The van der Waals surface area contributed by atoms with Gasteiger partial charge in [-0.1, -0.05) is 27.6 Å². The Balaban J connectivity index is 1.50. The molecule has 6 rings (SSSR count). The Kier molecular flexibility index (Phi) is 7.07. The Morgan fingerprint density at radius 1 is 0.978 bits per heavy atom. The molecule has 0 radical (unpaired) electrons. The van der Waals surface area contributed by atoms with Gasteiger partial charge in [-0.2, -0.15) is 0 Å². The number of anilines is 2. The largest absolute Gasteiger partial charge is 0.508 e. The standard InChI is InChI=1S/C31H25BrN4O9/c1-13-8-24(38)27-20(29(13)39)12-18-16(25(27)19-9-14(32)4-7-23(19)37)5-6-17-26(18)31(41)34(30(17)40)15-10-21(35(42)43)28(33(2)3)22(11-15)36(44)45/h4-5,7-11,17-18,25-26,37H,6,12H2,1-3H3. The van der Waals surface area contributed by atoms with Crippen molar-refractivity contribution in [3.8, 4) is 5.75 Å². The second-order valence-electron chi connectivity index (χ2n) is 11.7. The molecule has 4 aliphatic rings. The van der Waals surface area contributed by atoms with E-state index in [1.807, 2.05) is 0 Å². The fourth-order valence-corrected chi connectivity index (χ4v) is 7.58. The van der Waals surface area contributed by atoms with E-state index < -0.39 is 56.7 Å². The van der Waals surface area contributed by atoms with E-state index in [4.69, 9.17) is 0 Å². The second-order valence-corrected chi connectivity index (χ2v) is 12.6. The fraction of sp³-hybridized carbons (Fsp3) is 0.290. The Labute approximate surface area is 263 Å². The third kappa shape index (κ3) is 4.50. The van der Waals surface area contributed by atoms with E-state index in [-0.39, 0.29) is 58.3 Å². The summed E-state index contributed by atoms with van der Waals surface area (Å²) >= 11 is 3.40. The normalized spacial score (nSPS) is 24.1. The molecule has 0 spiro atoms. The van der Waals surface area contributed by atoms with Crippen molar-refractivity contribution in [1.29, 1.82) is 0 Å². The maximum atomic E-state index is 14.2. The van der Waals surface area contributed by atoms with Gasteiger partial charge in [0.1, 0.15) is 5.75 Å². The molecule has 2 aromatic rings. The number of carbonyl (C=O) groups is 4. The van der Waals surface area contributed by atoms with Crippen LogP contribution >= 0.6 is 15.9 Å². The number of fused-ring (bicyclic) bond motifs is 3. The number of phenolic OH excluding ortho intramolecular Hbond substituents is 1. The monoisotopic (exact) mass is 676 g/mol. The first-order valence-corrected chi connectivity index (χ1v) is 14.7. The minimum absolute atomic E-state index is 0.0178. The van der Waals surface area contributed by atoms with E-state index in [0.29, 0.717) is 15.6 Å². The molecule has 2 amide bonds. The predicted octanol–water partition coefficient (Wildman–Crippen LogP) is 4.67. The number of nitro benzene ring substituents is 2. The molecule has 13 nitrogen and oxygen atoms in total. The molecule has 4 atom stereocenters. The summed E-state index contributed by atoms with van der Waals surface area (Å²) in [6.45, 7) is 1.52. The highest BCUT2D eigenvalue weighted by Gasteiger charge is 2.57. The lowest BCUT2D eigenvalue weighted by Crippen LogP contribution is -2.39. The van der Waals surface area contributed by atoms with Crippen LogP contribution in [-0.4, -0.2) is 52.4 Å². The van der Waals surface area contributed by atoms with Gasteiger partial charge in [0.2, 0.25) is 11.8 Å². The zero-order valence-electron chi connectivity index (χ0n) is 24.1. The van der Waals surface area contributed by atoms with E-state index in [2.05, 4.69) is 15.9 Å². The summed E-state index contributed by atoms with van der Waals surface area (Å²) in [7, 11) is 2.81. The van der Waals surface area contributed by atoms with Gasteiger partial charge in [-0.05, 0) is 50.0 Å². The number of carbonyl (C=O) groups excluding carboxylic acids is 4. The van der Waals surface area contributed by atoms with Crippen LogP contribution in [0.25, 0.3) is 0 Å². The number of imide groups is 1. The zero-order chi connectivity index (χ0) is 32.6. The highest BCUT2D eigenvalue weighted by atomic mass is 79.9. The summed E-state index contributed by atoms with van der Waals surface area (Å²) < 4.78 is 0.609. The second kappa shape index (κ2) is 10.6. The molecular weight excluding hydrogens is 652 g/mol. The number of nitrogens with zero attached hydrogens (tertiary/aromatic N) is 4. The van der Waals surface area contributed by atoms with Gasteiger partial charge in [0.15, 0.2) is 17.3 Å². The van der Waals surface area contributed by atoms with Gasteiger partial charge in [0.05, 0.1) is 27.4 Å².